The van der Waals surface area contributed by atoms with Crippen molar-refractivity contribution in [2.24, 2.45) is 4.99 Å². The predicted molar refractivity (Wildman–Crippen MR) is 163 cm³/mol. The fourth-order valence-corrected chi connectivity index (χ4v) is 5.27. The van der Waals surface area contributed by atoms with E-state index < -0.39 is 0 Å². The maximum Gasteiger partial charge on any atom is 0.170 e. The van der Waals surface area contributed by atoms with Gasteiger partial charge in [-0.1, -0.05) is 72.4 Å². The third-order valence-corrected chi connectivity index (χ3v) is 8.56. The fraction of sp³-hybridized carbons (Fsp3) is 0.222. The summed E-state index contributed by atoms with van der Waals surface area (Å²) in [5.74, 6) is 0.707. The number of thioether (sulfide) groups is 2. The minimum Gasteiger partial charge on any atom is -0.356 e. The van der Waals surface area contributed by atoms with E-state index in [4.69, 9.17) is 9.47 Å². The van der Waals surface area contributed by atoms with Gasteiger partial charge >= 0.3 is 0 Å². The molecule has 7 nitrogen and oxygen atoms in total. The molecule has 11 heteroatoms. The molecular weight excluding hydrogens is 650 g/mol. The van der Waals surface area contributed by atoms with Crippen molar-refractivity contribution in [1.29, 1.82) is 0 Å². The van der Waals surface area contributed by atoms with Gasteiger partial charge in [0, 0.05) is 12.4 Å². The van der Waals surface area contributed by atoms with Crippen LogP contribution >= 0.6 is 55.4 Å². The Bertz CT molecular complexity index is 1380. The number of rotatable bonds is 12. The summed E-state index contributed by atoms with van der Waals surface area (Å²) < 4.78 is 17.3. The van der Waals surface area contributed by atoms with Crippen molar-refractivity contribution in [2.45, 2.75) is 31.8 Å². The van der Waals surface area contributed by atoms with Crippen LogP contribution in [0, 0.1) is 0 Å². The van der Waals surface area contributed by atoms with Crippen molar-refractivity contribution in [2.75, 3.05) is 12.5 Å². The third-order valence-electron chi connectivity index (χ3n) is 5.30. The number of imidazole rings is 2. The van der Waals surface area contributed by atoms with Crippen molar-refractivity contribution in [3.05, 3.63) is 105 Å². The minimum absolute atomic E-state index is 0.331. The first-order valence-corrected chi connectivity index (χ1v) is 15.7. The number of hydrogen-bond donors (Lipinski definition) is 0. The number of aliphatic imine (C=N–C) groups is 1. The lowest BCUT2D eigenvalue weighted by Crippen LogP contribution is -2.11. The first kappa shape index (κ1) is 28.8. The second-order valence-electron chi connectivity index (χ2n) is 7.95. The molecule has 0 N–H and O–H groups in total. The van der Waals surface area contributed by atoms with Crippen LogP contribution in [0.15, 0.2) is 92.4 Å². The Kier molecular flexibility index (Phi) is 11.3. The van der Waals surface area contributed by atoms with E-state index in [0.29, 0.717) is 37.1 Å². The van der Waals surface area contributed by atoms with Crippen molar-refractivity contribution >= 4 is 66.5 Å². The lowest BCUT2D eigenvalue weighted by molar-refractivity contribution is 0.0587. The zero-order chi connectivity index (χ0) is 26.7. The van der Waals surface area contributed by atoms with Crippen LogP contribution in [0.4, 0.5) is 0 Å². The molecule has 0 aliphatic carbocycles. The van der Waals surface area contributed by atoms with Crippen LogP contribution in [0.1, 0.15) is 22.6 Å². The average Bonchev–Trinajstić information content (AvgIpc) is 3.47. The number of nitrogens with zero attached hydrogens (tertiary/aromatic N) is 5. The van der Waals surface area contributed by atoms with Gasteiger partial charge in [-0.3, -0.25) is 4.57 Å². The van der Waals surface area contributed by atoms with Crippen molar-refractivity contribution in [3.63, 3.8) is 0 Å². The Morgan fingerprint density at radius 2 is 1.55 bits per heavy atom. The quantitative estimate of drug-likeness (QED) is 0.0882. The average molecular weight is 677 g/mol. The maximum absolute atomic E-state index is 5.96. The van der Waals surface area contributed by atoms with Gasteiger partial charge in [-0.25, -0.2) is 15.0 Å². The summed E-state index contributed by atoms with van der Waals surface area (Å²) in [7, 11) is 0. The highest BCUT2D eigenvalue weighted by Gasteiger charge is 2.18. The molecule has 0 aliphatic heterocycles. The van der Waals surface area contributed by atoms with Crippen molar-refractivity contribution in [1.82, 2.24) is 19.1 Å². The molecule has 0 fully saturated rings. The van der Waals surface area contributed by atoms with Gasteiger partial charge in [0.2, 0.25) is 0 Å². The lowest BCUT2D eigenvalue weighted by atomic mass is 10.2. The van der Waals surface area contributed by atoms with Gasteiger partial charge < -0.3 is 14.0 Å². The van der Waals surface area contributed by atoms with E-state index in [1.54, 1.807) is 18.0 Å². The van der Waals surface area contributed by atoms with E-state index in [1.807, 2.05) is 82.4 Å². The summed E-state index contributed by atoms with van der Waals surface area (Å²) in [6.45, 7) is 1.81. The summed E-state index contributed by atoms with van der Waals surface area (Å²) >= 11 is 10.2. The first-order chi connectivity index (χ1) is 18.6. The molecule has 0 bridgehead atoms. The van der Waals surface area contributed by atoms with Crippen LogP contribution in [-0.2, 0) is 36.1 Å². The normalized spacial score (nSPS) is 12.1. The van der Waals surface area contributed by atoms with Crippen molar-refractivity contribution in [3.8, 4) is 0 Å². The molecule has 0 amide bonds. The topological polar surface area (TPSA) is 66.5 Å². The second-order valence-corrected chi connectivity index (χ2v) is 11.0. The molecule has 2 heterocycles. The summed E-state index contributed by atoms with van der Waals surface area (Å²) in [5.41, 5.74) is 3.05. The molecule has 0 aliphatic rings. The molecule has 2 aromatic carbocycles. The Morgan fingerprint density at radius 3 is 2.16 bits per heavy atom. The van der Waals surface area contributed by atoms with Gasteiger partial charge in [-0.05, 0) is 61.6 Å². The second kappa shape index (κ2) is 14.9. The Hall–Kier alpha value is -2.15. The summed E-state index contributed by atoms with van der Waals surface area (Å²) in [6.07, 6.45) is 9.57. The fourth-order valence-electron chi connectivity index (χ4n) is 3.49. The van der Waals surface area contributed by atoms with E-state index in [-0.39, 0.29) is 0 Å². The minimum atomic E-state index is 0.331. The standard InChI is InChI=1S/C27H27Br2N5O2S2/c1-37-26(25-32-23(28)24(29)34(25)19-36-17-21-11-7-4-8-12-21)30-14-13-22-15-33(27(31-22)38-2)18-35-16-20-9-5-3-6-10-20/h3-15H,16-19H2,1-2H3/b14-13-,30-26?. The Labute approximate surface area is 248 Å². The highest BCUT2D eigenvalue weighted by molar-refractivity contribution is 9.13. The maximum atomic E-state index is 5.96. The molecule has 4 aromatic rings. The van der Waals surface area contributed by atoms with Gasteiger partial charge in [0.05, 0.1) is 18.9 Å². The molecule has 38 heavy (non-hydrogen) atoms. The number of benzene rings is 2. The van der Waals surface area contributed by atoms with E-state index >= 15 is 0 Å². The van der Waals surface area contributed by atoms with Crippen LogP contribution in [0.5, 0.6) is 0 Å². The number of aromatic nitrogens is 4. The Balaban J connectivity index is 1.43. The number of ether oxygens (including phenoxy) is 2. The van der Waals surface area contributed by atoms with E-state index in [1.165, 1.54) is 11.8 Å². The van der Waals surface area contributed by atoms with E-state index in [0.717, 1.165) is 31.6 Å². The monoisotopic (exact) mass is 675 g/mol. The van der Waals surface area contributed by atoms with Gasteiger partial charge in [0.25, 0.3) is 0 Å². The lowest BCUT2D eigenvalue weighted by Gasteiger charge is -2.10. The third kappa shape index (κ3) is 7.93. The molecule has 4 rings (SSSR count). The molecule has 2 aromatic heterocycles. The molecule has 198 valence electrons. The van der Waals surface area contributed by atoms with Crippen LogP contribution < -0.4 is 0 Å². The number of halogens is 2. The zero-order valence-corrected chi connectivity index (χ0v) is 25.8. The van der Waals surface area contributed by atoms with Crippen LogP contribution in [0.2, 0.25) is 0 Å². The zero-order valence-electron chi connectivity index (χ0n) is 21.0. The van der Waals surface area contributed by atoms with Crippen molar-refractivity contribution < 1.29 is 9.47 Å². The molecule has 0 saturated carbocycles. The summed E-state index contributed by atoms with van der Waals surface area (Å²) in [4.78, 5) is 14.0. The summed E-state index contributed by atoms with van der Waals surface area (Å²) in [5, 5.41) is 1.64. The van der Waals surface area contributed by atoms with Crippen LogP contribution in [-0.4, -0.2) is 36.7 Å². The van der Waals surface area contributed by atoms with E-state index in [2.05, 4.69) is 59.0 Å². The predicted octanol–water partition coefficient (Wildman–Crippen LogP) is 7.46. The molecular formula is C27H27Br2N5O2S2. The smallest absolute Gasteiger partial charge is 0.170 e. The molecule has 0 radical (unpaired) electrons. The van der Waals surface area contributed by atoms with Gasteiger partial charge in [-0.15, -0.1) is 11.8 Å². The SMILES string of the molecule is CSC(=N/C=C\c1cn(COCc2ccccc2)c(SC)n1)c1nc(Br)c(Br)n1COCc1ccccc1. The van der Waals surface area contributed by atoms with Crippen LogP contribution in [0.3, 0.4) is 0 Å². The van der Waals surface area contributed by atoms with E-state index in [9.17, 15) is 0 Å². The molecule has 0 atom stereocenters. The molecule has 0 saturated heterocycles. The largest absolute Gasteiger partial charge is 0.356 e. The first-order valence-electron chi connectivity index (χ1n) is 11.6. The highest BCUT2D eigenvalue weighted by atomic mass is 79.9. The summed E-state index contributed by atoms with van der Waals surface area (Å²) in [6, 6.07) is 20.2. The Morgan fingerprint density at radius 1 is 0.921 bits per heavy atom. The molecule has 0 spiro atoms. The van der Waals surface area contributed by atoms with Gasteiger partial charge in [0.1, 0.15) is 27.7 Å². The van der Waals surface area contributed by atoms with Crippen LogP contribution in [0.25, 0.3) is 6.08 Å². The molecule has 0 unspecified atom stereocenters. The van der Waals surface area contributed by atoms with Gasteiger partial charge in [0.15, 0.2) is 11.0 Å². The van der Waals surface area contributed by atoms with Gasteiger partial charge in [-0.2, -0.15) is 0 Å². The highest BCUT2D eigenvalue weighted by Crippen LogP contribution is 2.26. The number of hydrogen-bond acceptors (Lipinski definition) is 7.